The Hall–Kier alpha value is -2.66. The third-order valence-corrected chi connectivity index (χ3v) is 4.17. The molecule has 0 radical (unpaired) electrons. The van der Waals surface area contributed by atoms with Crippen LogP contribution in [0.5, 0.6) is 5.75 Å². The number of aliphatic hydroxyl groups excluding tert-OH is 1. The summed E-state index contributed by atoms with van der Waals surface area (Å²) >= 11 is 0. The lowest BCUT2D eigenvalue weighted by atomic mass is 10.0. The van der Waals surface area contributed by atoms with Crippen LogP contribution in [0.15, 0.2) is 48.8 Å². The number of methoxy groups -OCH3 is 1. The monoisotopic (exact) mass is 323 g/mol. The van der Waals surface area contributed by atoms with Crippen LogP contribution in [0.1, 0.15) is 24.2 Å². The maximum atomic E-state index is 10.6. The minimum Gasteiger partial charge on any atom is -0.497 e. The Morgan fingerprint density at radius 2 is 1.83 bits per heavy atom. The Balaban J connectivity index is 1.85. The number of rotatable bonds is 5. The first kappa shape index (κ1) is 16.2. The van der Waals surface area contributed by atoms with Crippen LogP contribution in [0.25, 0.3) is 10.9 Å². The number of fused-ring (bicyclic) bond motifs is 1. The molecule has 2 atom stereocenters. The lowest BCUT2D eigenvalue weighted by Crippen LogP contribution is -2.24. The largest absolute Gasteiger partial charge is 0.497 e. The van der Waals surface area contributed by atoms with Crippen molar-refractivity contribution in [3.05, 3.63) is 59.9 Å². The van der Waals surface area contributed by atoms with Crippen LogP contribution in [-0.4, -0.2) is 28.2 Å². The van der Waals surface area contributed by atoms with Crippen molar-refractivity contribution >= 4 is 16.7 Å². The van der Waals surface area contributed by atoms with Crippen LogP contribution in [0.3, 0.4) is 0 Å². The molecular weight excluding hydrogens is 302 g/mol. The van der Waals surface area contributed by atoms with E-state index in [9.17, 15) is 5.11 Å². The van der Waals surface area contributed by atoms with Crippen LogP contribution in [0.2, 0.25) is 0 Å². The highest BCUT2D eigenvalue weighted by Crippen LogP contribution is 2.26. The number of aliphatic hydroxyl groups is 1. The first-order valence-electron chi connectivity index (χ1n) is 7.89. The third-order valence-electron chi connectivity index (χ3n) is 4.17. The molecule has 2 aromatic carbocycles. The van der Waals surface area contributed by atoms with Crippen molar-refractivity contribution in [2.24, 2.45) is 0 Å². The summed E-state index contributed by atoms with van der Waals surface area (Å²) in [6.45, 7) is 3.96. The van der Waals surface area contributed by atoms with E-state index in [-0.39, 0.29) is 6.04 Å². The van der Waals surface area contributed by atoms with Gasteiger partial charge in [-0.3, -0.25) is 0 Å². The van der Waals surface area contributed by atoms with Crippen LogP contribution in [0, 0.1) is 6.92 Å². The van der Waals surface area contributed by atoms with Gasteiger partial charge in [0.1, 0.15) is 17.9 Å². The first-order chi connectivity index (χ1) is 11.6. The molecule has 0 fully saturated rings. The second kappa shape index (κ2) is 6.84. The van der Waals surface area contributed by atoms with Crippen molar-refractivity contribution in [3.63, 3.8) is 0 Å². The molecule has 3 aromatic rings. The zero-order valence-corrected chi connectivity index (χ0v) is 14.0. The maximum absolute atomic E-state index is 10.6. The van der Waals surface area contributed by atoms with E-state index >= 15 is 0 Å². The van der Waals surface area contributed by atoms with E-state index in [4.69, 9.17) is 4.74 Å². The highest BCUT2D eigenvalue weighted by Gasteiger charge is 2.18. The van der Waals surface area contributed by atoms with Gasteiger partial charge in [-0.25, -0.2) is 9.97 Å². The van der Waals surface area contributed by atoms with Gasteiger partial charge in [0.15, 0.2) is 0 Å². The average Bonchev–Trinajstić information content (AvgIpc) is 2.61. The number of hydrogen-bond acceptors (Lipinski definition) is 5. The molecule has 0 aliphatic carbocycles. The van der Waals surface area contributed by atoms with E-state index in [0.29, 0.717) is 0 Å². The lowest BCUT2D eigenvalue weighted by Gasteiger charge is -2.22. The van der Waals surface area contributed by atoms with Crippen LogP contribution < -0.4 is 10.1 Å². The SMILES string of the molecule is COc1ccc([C@H](O)[C@H](C)Nc2ncnc3cccc(C)c23)cc1. The second-order valence-electron chi connectivity index (χ2n) is 5.84. The smallest absolute Gasteiger partial charge is 0.137 e. The third kappa shape index (κ3) is 3.16. The van der Waals surface area contributed by atoms with Crippen LogP contribution in [0.4, 0.5) is 5.82 Å². The summed E-state index contributed by atoms with van der Waals surface area (Å²) in [6.07, 6.45) is 0.876. The highest BCUT2D eigenvalue weighted by atomic mass is 16.5. The Kier molecular flexibility index (Phi) is 4.62. The summed E-state index contributed by atoms with van der Waals surface area (Å²) in [4.78, 5) is 8.66. The number of ether oxygens (including phenoxy) is 1. The quantitative estimate of drug-likeness (QED) is 0.752. The molecule has 0 saturated heterocycles. The standard InChI is InChI=1S/C19H21N3O2/c1-12-5-4-6-16-17(12)19(21-11-20-16)22-13(2)18(23)14-7-9-15(24-3)10-8-14/h4-11,13,18,23H,1-3H3,(H,20,21,22)/t13-,18+/m0/s1. The van der Waals surface area contributed by atoms with Crippen molar-refractivity contribution in [1.29, 1.82) is 0 Å². The number of benzene rings is 2. The molecule has 1 aromatic heterocycles. The van der Waals surface area contributed by atoms with E-state index in [2.05, 4.69) is 15.3 Å². The molecule has 24 heavy (non-hydrogen) atoms. The molecule has 0 aliphatic heterocycles. The zero-order valence-electron chi connectivity index (χ0n) is 14.0. The van der Waals surface area contributed by atoms with E-state index in [1.807, 2.05) is 56.3 Å². The first-order valence-corrected chi connectivity index (χ1v) is 7.89. The molecule has 0 amide bonds. The van der Waals surface area contributed by atoms with Gasteiger partial charge in [-0.2, -0.15) is 0 Å². The fourth-order valence-electron chi connectivity index (χ4n) is 2.78. The maximum Gasteiger partial charge on any atom is 0.137 e. The Morgan fingerprint density at radius 3 is 2.54 bits per heavy atom. The van der Waals surface area contributed by atoms with Gasteiger partial charge >= 0.3 is 0 Å². The summed E-state index contributed by atoms with van der Waals surface area (Å²) in [6, 6.07) is 13.2. The summed E-state index contributed by atoms with van der Waals surface area (Å²) in [7, 11) is 1.62. The van der Waals surface area contributed by atoms with Crippen LogP contribution >= 0.6 is 0 Å². The molecule has 2 N–H and O–H groups in total. The summed E-state index contributed by atoms with van der Waals surface area (Å²) in [5, 5.41) is 14.9. The molecule has 124 valence electrons. The molecule has 3 rings (SSSR count). The van der Waals surface area contributed by atoms with Gasteiger partial charge in [0, 0.05) is 5.39 Å². The minimum absolute atomic E-state index is 0.212. The molecular formula is C19H21N3O2. The Morgan fingerprint density at radius 1 is 1.08 bits per heavy atom. The summed E-state index contributed by atoms with van der Waals surface area (Å²) < 4.78 is 5.15. The molecule has 0 aliphatic rings. The summed E-state index contributed by atoms with van der Waals surface area (Å²) in [5.41, 5.74) is 2.81. The van der Waals surface area contributed by atoms with Gasteiger partial charge in [-0.15, -0.1) is 0 Å². The van der Waals surface area contributed by atoms with Gasteiger partial charge in [-0.1, -0.05) is 24.3 Å². The van der Waals surface area contributed by atoms with Crippen molar-refractivity contribution in [2.75, 3.05) is 12.4 Å². The number of aromatic nitrogens is 2. The average molecular weight is 323 g/mol. The normalized spacial score (nSPS) is 13.5. The number of nitrogens with one attached hydrogen (secondary N) is 1. The number of hydrogen-bond donors (Lipinski definition) is 2. The van der Waals surface area contributed by atoms with Gasteiger partial charge < -0.3 is 15.2 Å². The van der Waals surface area contributed by atoms with E-state index in [0.717, 1.165) is 33.6 Å². The fourth-order valence-corrected chi connectivity index (χ4v) is 2.78. The van der Waals surface area contributed by atoms with Gasteiger partial charge in [0.25, 0.3) is 0 Å². The molecule has 0 saturated carbocycles. The lowest BCUT2D eigenvalue weighted by molar-refractivity contribution is 0.160. The van der Waals surface area contributed by atoms with E-state index < -0.39 is 6.10 Å². The van der Waals surface area contributed by atoms with E-state index in [1.165, 1.54) is 6.33 Å². The molecule has 5 nitrogen and oxygen atoms in total. The van der Waals surface area contributed by atoms with Gasteiger partial charge in [0.2, 0.25) is 0 Å². The fraction of sp³-hybridized carbons (Fsp3) is 0.263. The van der Waals surface area contributed by atoms with Gasteiger partial charge in [0.05, 0.1) is 24.8 Å². The van der Waals surface area contributed by atoms with Crippen molar-refractivity contribution in [3.8, 4) is 5.75 Å². The van der Waals surface area contributed by atoms with Crippen LogP contribution in [-0.2, 0) is 0 Å². The predicted octanol–water partition coefficient (Wildman–Crippen LogP) is 3.48. The number of nitrogens with zero attached hydrogens (tertiary/aromatic N) is 2. The number of aryl methyl sites for hydroxylation is 1. The number of anilines is 1. The molecule has 0 unspecified atom stereocenters. The highest BCUT2D eigenvalue weighted by molar-refractivity contribution is 5.91. The predicted molar refractivity (Wildman–Crippen MR) is 95.3 cm³/mol. The Labute approximate surface area is 141 Å². The second-order valence-corrected chi connectivity index (χ2v) is 5.84. The minimum atomic E-state index is -0.662. The summed E-state index contributed by atoms with van der Waals surface area (Å²) in [5.74, 6) is 1.50. The molecule has 5 heteroatoms. The van der Waals surface area contributed by atoms with E-state index in [1.54, 1.807) is 7.11 Å². The zero-order chi connectivity index (χ0) is 17.1. The van der Waals surface area contributed by atoms with Gasteiger partial charge in [-0.05, 0) is 43.2 Å². The molecule has 0 bridgehead atoms. The van der Waals surface area contributed by atoms with Crippen molar-refractivity contribution in [2.45, 2.75) is 26.0 Å². The molecule has 0 spiro atoms. The molecule has 1 heterocycles. The van der Waals surface area contributed by atoms with Crippen molar-refractivity contribution in [1.82, 2.24) is 9.97 Å². The topological polar surface area (TPSA) is 67.3 Å². The van der Waals surface area contributed by atoms with Crippen molar-refractivity contribution < 1.29 is 9.84 Å². The Bertz CT molecular complexity index is 828.